The molecule has 0 aromatic heterocycles. The van der Waals surface area contributed by atoms with Crippen LogP contribution in [-0.2, 0) is 14.4 Å². The van der Waals surface area contributed by atoms with Gasteiger partial charge in [0.25, 0.3) is 17.7 Å². The van der Waals surface area contributed by atoms with Crippen molar-refractivity contribution in [1.82, 2.24) is 10.3 Å². The van der Waals surface area contributed by atoms with Crippen molar-refractivity contribution in [2.45, 2.75) is 25.7 Å². The molecule has 0 saturated carbocycles. The van der Waals surface area contributed by atoms with Crippen LogP contribution in [0.5, 0.6) is 0 Å². The summed E-state index contributed by atoms with van der Waals surface area (Å²) in [7, 11) is 0. The largest absolute Gasteiger partial charge is 0.326 e. The van der Waals surface area contributed by atoms with Crippen molar-refractivity contribution in [2.75, 3.05) is 11.9 Å². The van der Waals surface area contributed by atoms with Crippen LogP contribution < -0.4 is 16.6 Å². The number of nitrogens with one attached hydrogen (secondary N) is 2. The van der Waals surface area contributed by atoms with Crippen LogP contribution in [-0.4, -0.2) is 35.1 Å². The first kappa shape index (κ1) is 18.3. The van der Waals surface area contributed by atoms with E-state index in [-0.39, 0.29) is 17.7 Å². The number of imide groups is 1. The van der Waals surface area contributed by atoms with E-state index in [1.54, 1.807) is 24.3 Å². The summed E-state index contributed by atoms with van der Waals surface area (Å²) < 4.78 is 0. The lowest BCUT2D eigenvalue weighted by atomic mass is 10.1. The van der Waals surface area contributed by atoms with E-state index < -0.39 is 5.91 Å². The summed E-state index contributed by atoms with van der Waals surface area (Å²) in [6.45, 7) is 0.372. The summed E-state index contributed by atoms with van der Waals surface area (Å²) in [5.41, 5.74) is 3.03. The Balaban J connectivity index is 1.65. The normalized spacial score (nSPS) is 13.2. The maximum atomic E-state index is 11.9. The van der Waals surface area contributed by atoms with Crippen LogP contribution in [0, 0.1) is 0 Å². The summed E-state index contributed by atoms with van der Waals surface area (Å²) in [5, 5.41) is 2.74. The van der Waals surface area contributed by atoms with E-state index in [1.807, 2.05) is 5.43 Å². The Morgan fingerprint density at radius 2 is 1.60 bits per heavy atom. The first-order valence-corrected chi connectivity index (χ1v) is 7.95. The molecule has 1 aromatic carbocycles. The smallest absolute Gasteiger partial charge is 0.265 e. The fraction of sp³-hybridized carbons (Fsp3) is 0.294. The van der Waals surface area contributed by atoms with Gasteiger partial charge in [0.05, 0.1) is 0 Å². The zero-order valence-corrected chi connectivity index (χ0v) is 13.7. The van der Waals surface area contributed by atoms with Crippen molar-refractivity contribution >= 4 is 29.3 Å². The molecule has 0 unspecified atom stereocenters. The molecule has 0 bridgehead atoms. The lowest BCUT2D eigenvalue weighted by Gasteiger charge is -2.13. The molecule has 1 aliphatic heterocycles. The minimum atomic E-state index is -0.400. The van der Waals surface area contributed by atoms with Gasteiger partial charge in [0.2, 0.25) is 5.91 Å². The van der Waals surface area contributed by atoms with Crippen LogP contribution >= 0.6 is 0 Å². The maximum Gasteiger partial charge on any atom is 0.265 e. The first-order chi connectivity index (χ1) is 12.0. The third kappa shape index (κ3) is 5.25. The monoisotopic (exact) mass is 344 g/mol. The molecule has 0 atom stereocenters. The van der Waals surface area contributed by atoms with E-state index in [9.17, 15) is 19.2 Å². The fourth-order valence-electron chi connectivity index (χ4n) is 2.40. The minimum absolute atomic E-state index is 0.133. The molecule has 0 spiro atoms. The predicted octanol–water partition coefficient (Wildman–Crippen LogP) is 0.714. The predicted molar refractivity (Wildman–Crippen MR) is 91.1 cm³/mol. The summed E-state index contributed by atoms with van der Waals surface area (Å²) >= 11 is 0. The Morgan fingerprint density at radius 1 is 0.960 bits per heavy atom. The minimum Gasteiger partial charge on any atom is -0.326 e. The number of hydrogen-bond donors (Lipinski definition) is 3. The molecule has 2 rings (SSSR count). The standard InChI is InChI=1S/C17H20N4O4/c18-20-17(25)12-5-7-13(8-6-12)19-14(22)4-2-1-3-11-21-15(23)9-10-16(21)24/h5-10H,1-4,11,18H2,(H,19,22)(H,20,25). The summed E-state index contributed by atoms with van der Waals surface area (Å²) in [6.07, 6.45) is 4.92. The van der Waals surface area contributed by atoms with Gasteiger partial charge in [-0.3, -0.25) is 29.5 Å². The molecular formula is C17H20N4O4. The van der Waals surface area contributed by atoms with E-state index in [4.69, 9.17) is 5.84 Å². The van der Waals surface area contributed by atoms with Gasteiger partial charge in [-0.1, -0.05) is 6.42 Å². The third-order valence-corrected chi connectivity index (χ3v) is 3.75. The second-order valence-corrected chi connectivity index (χ2v) is 5.57. The van der Waals surface area contributed by atoms with Gasteiger partial charge in [0.1, 0.15) is 0 Å². The van der Waals surface area contributed by atoms with Gasteiger partial charge >= 0.3 is 0 Å². The maximum absolute atomic E-state index is 11.9. The quantitative estimate of drug-likeness (QED) is 0.211. The molecule has 132 valence electrons. The number of benzene rings is 1. The van der Waals surface area contributed by atoms with Gasteiger partial charge in [-0.25, -0.2) is 5.84 Å². The lowest BCUT2D eigenvalue weighted by Crippen LogP contribution is -2.30. The Bertz CT molecular complexity index is 679. The number of rotatable bonds is 8. The number of unbranched alkanes of at least 4 members (excludes halogenated alkanes) is 2. The molecule has 4 N–H and O–H groups in total. The number of nitrogens with two attached hydrogens (primary N) is 1. The number of anilines is 1. The van der Waals surface area contributed by atoms with Crippen LogP contribution in [0.1, 0.15) is 36.0 Å². The van der Waals surface area contributed by atoms with Crippen LogP contribution in [0.3, 0.4) is 0 Å². The Kier molecular flexibility index (Phi) is 6.41. The number of hydrazine groups is 1. The summed E-state index contributed by atoms with van der Waals surface area (Å²) in [5.74, 6) is 3.95. The molecule has 1 aliphatic rings. The topological polar surface area (TPSA) is 122 Å². The highest BCUT2D eigenvalue weighted by molar-refractivity contribution is 6.12. The van der Waals surface area contributed by atoms with Crippen molar-refractivity contribution in [2.24, 2.45) is 5.84 Å². The molecule has 4 amide bonds. The molecule has 1 aromatic rings. The summed E-state index contributed by atoms with van der Waals surface area (Å²) in [4.78, 5) is 47.1. The molecule has 0 aliphatic carbocycles. The van der Waals surface area contributed by atoms with E-state index in [2.05, 4.69) is 5.32 Å². The third-order valence-electron chi connectivity index (χ3n) is 3.75. The molecule has 1 heterocycles. The number of nitrogens with zero attached hydrogens (tertiary/aromatic N) is 1. The van der Waals surface area contributed by atoms with E-state index in [1.165, 1.54) is 17.1 Å². The van der Waals surface area contributed by atoms with Gasteiger partial charge in [-0.2, -0.15) is 0 Å². The highest BCUT2D eigenvalue weighted by Gasteiger charge is 2.22. The zero-order chi connectivity index (χ0) is 18.2. The average Bonchev–Trinajstić information content (AvgIpc) is 2.93. The van der Waals surface area contributed by atoms with Crippen molar-refractivity contribution < 1.29 is 19.2 Å². The lowest BCUT2D eigenvalue weighted by molar-refractivity contribution is -0.136. The van der Waals surface area contributed by atoms with E-state index in [0.29, 0.717) is 37.1 Å². The van der Waals surface area contributed by atoms with E-state index >= 15 is 0 Å². The average molecular weight is 344 g/mol. The number of carbonyl (C=O) groups is 4. The second kappa shape index (κ2) is 8.74. The SMILES string of the molecule is NNC(=O)c1ccc(NC(=O)CCCCCN2C(=O)C=CC2=O)cc1. The molecule has 0 saturated heterocycles. The Labute approximate surface area is 145 Å². The fourth-order valence-corrected chi connectivity index (χ4v) is 2.40. The van der Waals surface area contributed by atoms with Gasteiger partial charge in [-0.15, -0.1) is 0 Å². The van der Waals surface area contributed by atoms with E-state index in [0.717, 1.165) is 6.42 Å². The highest BCUT2D eigenvalue weighted by atomic mass is 16.2. The molecule has 8 nitrogen and oxygen atoms in total. The summed E-state index contributed by atoms with van der Waals surface area (Å²) in [6, 6.07) is 6.38. The van der Waals surface area contributed by atoms with Gasteiger partial charge < -0.3 is 5.32 Å². The van der Waals surface area contributed by atoms with Crippen LogP contribution in [0.4, 0.5) is 5.69 Å². The van der Waals surface area contributed by atoms with Crippen molar-refractivity contribution in [3.63, 3.8) is 0 Å². The molecule has 8 heteroatoms. The number of carbonyl (C=O) groups excluding carboxylic acids is 4. The van der Waals surface area contributed by atoms with Crippen LogP contribution in [0.2, 0.25) is 0 Å². The van der Waals surface area contributed by atoms with Crippen molar-refractivity contribution in [3.05, 3.63) is 42.0 Å². The van der Waals surface area contributed by atoms with Gasteiger partial charge in [0.15, 0.2) is 0 Å². The van der Waals surface area contributed by atoms with Crippen molar-refractivity contribution in [3.8, 4) is 0 Å². The van der Waals surface area contributed by atoms with Crippen LogP contribution in [0.25, 0.3) is 0 Å². The van der Waals surface area contributed by atoms with Gasteiger partial charge in [-0.05, 0) is 37.1 Å². The molecule has 0 fully saturated rings. The number of amides is 4. The number of nitrogen functional groups attached to an aromatic ring is 1. The molecule has 0 radical (unpaired) electrons. The molecular weight excluding hydrogens is 324 g/mol. The molecule has 25 heavy (non-hydrogen) atoms. The van der Waals surface area contributed by atoms with Gasteiger partial charge in [0, 0.05) is 36.4 Å². The van der Waals surface area contributed by atoms with Crippen LogP contribution in [0.15, 0.2) is 36.4 Å². The number of hydrogen-bond acceptors (Lipinski definition) is 5. The Hall–Kier alpha value is -3.00. The first-order valence-electron chi connectivity index (χ1n) is 7.95. The second-order valence-electron chi connectivity index (χ2n) is 5.57. The van der Waals surface area contributed by atoms with Crippen molar-refractivity contribution in [1.29, 1.82) is 0 Å². The zero-order valence-electron chi connectivity index (χ0n) is 13.7. The Morgan fingerprint density at radius 3 is 2.20 bits per heavy atom. The highest BCUT2D eigenvalue weighted by Crippen LogP contribution is 2.11.